The molecular weight excluding hydrogens is 441 g/mol. The third-order valence-corrected chi connectivity index (χ3v) is 4.67. The van der Waals surface area contributed by atoms with Crippen LogP contribution in [0, 0.1) is 11.0 Å². The predicted molar refractivity (Wildman–Crippen MR) is 126 cm³/mol. The smallest absolute Gasteiger partial charge is 0.249 e. The van der Waals surface area contributed by atoms with Gasteiger partial charge in [-0.3, -0.25) is 9.59 Å². The molecule has 0 heterocycles. The summed E-state index contributed by atoms with van der Waals surface area (Å²) in [6.45, 7) is 0.168. The number of carbonyl (C=O) groups is 2. The van der Waals surface area contributed by atoms with Crippen LogP contribution in [-0.2, 0) is 20.9 Å². The van der Waals surface area contributed by atoms with Crippen molar-refractivity contribution in [1.29, 1.82) is 0 Å². The third kappa shape index (κ3) is 8.28. The Morgan fingerprint density at radius 3 is 2.21 bits per heavy atom. The Kier molecular flexibility index (Phi) is 9.53. The van der Waals surface area contributed by atoms with Crippen LogP contribution in [-0.4, -0.2) is 31.0 Å². The van der Waals surface area contributed by atoms with Gasteiger partial charge in [-0.1, -0.05) is 30.3 Å². The maximum absolute atomic E-state index is 13.0. The fourth-order valence-electron chi connectivity index (χ4n) is 2.96. The highest BCUT2D eigenvalue weighted by molar-refractivity contribution is 5.97. The lowest BCUT2D eigenvalue weighted by atomic mass is 10.2. The summed E-state index contributed by atoms with van der Waals surface area (Å²) in [6.07, 6.45) is -0.0681. The maximum Gasteiger partial charge on any atom is 0.249 e. The Morgan fingerprint density at radius 2 is 1.56 bits per heavy atom. The fraction of sp³-hybridized carbons (Fsp3) is 0.200. The lowest BCUT2D eigenvalue weighted by Gasteiger charge is -2.19. The van der Waals surface area contributed by atoms with E-state index in [2.05, 4.69) is 10.6 Å². The molecule has 0 aliphatic carbocycles. The highest BCUT2D eigenvalue weighted by Gasteiger charge is 2.21. The van der Waals surface area contributed by atoms with Gasteiger partial charge in [0, 0.05) is 12.1 Å². The normalized spacial score (nSPS) is 11.5. The number of benzene rings is 3. The quantitative estimate of drug-likeness (QED) is 0.351. The zero-order valence-corrected chi connectivity index (χ0v) is 18.3. The standard InChI is InChI=1S/C25H25FN3O5/c26-19-6-10-21(11-7-19)34-22-12-8-20(9-13-22)28-25(31)23(29-24(30)14-15-27-32)17-33-16-18-4-2-1-3-5-18/h1-13,23,27H,14-17H2,(H,28,31)(H,29,30)/q-1/t23-/m0/s1. The minimum atomic E-state index is -0.960. The van der Waals surface area contributed by atoms with Crippen LogP contribution in [0.5, 0.6) is 11.5 Å². The molecule has 3 aromatic carbocycles. The first-order valence-electron chi connectivity index (χ1n) is 10.6. The number of hydroxylamine groups is 1. The average molecular weight is 466 g/mol. The Balaban J connectivity index is 1.58. The minimum Gasteiger partial charge on any atom is -0.788 e. The summed E-state index contributed by atoms with van der Waals surface area (Å²) in [5.74, 6) is -0.294. The maximum atomic E-state index is 13.0. The van der Waals surface area contributed by atoms with Crippen LogP contribution in [0.15, 0.2) is 78.9 Å². The summed E-state index contributed by atoms with van der Waals surface area (Å²) in [5.41, 5.74) is 3.07. The van der Waals surface area contributed by atoms with Gasteiger partial charge in [0.2, 0.25) is 11.8 Å². The first-order valence-corrected chi connectivity index (χ1v) is 10.6. The van der Waals surface area contributed by atoms with Crippen molar-refractivity contribution in [3.8, 4) is 11.5 Å². The Bertz CT molecular complexity index is 1050. The molecule has 1 atom stereocenters. The minimum absolute atomic E-state index is 0.0525. The summed E-state index contributed by atoms with van der Waals surface area (Å²) in [4.78, 5) is 24.9. The molecule has 0 aliphatic rings. The van der Waals surface area contributed by atoms with E-state index in [0.29, 0.717) is 17.2 Å². The highest BCUT2D eigenvalue weighted by Crippen LogP contribution is 2.23. The van der Waals surface area contributed by atoms with Crippen LogP contribution in [0.4, 0.5) is 10.1 Å². The first-order chi connectivity index (χ1) is 16.5. The molecule has 0 radical (unpaired) electrons. The molecule has 0 saturated heterocycles. The van der Waals surface area contributed by atoms with Gasteiger partial charge in [0.25, 0.3) is 0 Å². The number of amides is 2. The van der Waals surface area contributed by atoms with Gasteiger partial charge in [-0.05, 0) is 60.6 Å². The number of anilines is 1. The molecule has 0 fully saturated rings. The molecule has 2 amide bonds. The van der Waals surface area contributed by atoms with E-state index in [1.807, 2.05) is 30.3 Å². The van der Waals surface area contributed by atoms with Crippen molar-refractivity contribution in [3.05, 3.63) is 95.5 Å². The molecular formula is C25H25FN3O5-. The molecule has 3 N–H and O–H groups in total. The molecule has 0 saturated carbocycles. The van der Waals surface area contributed by atoms with E-state index in [9.17, 15) is 19.2 Å². The van der Waals surface area contributed by atoms with Crippen LogP contribution < -0.4 is 20.9 Å². The Morgan fingerprint density at radius 1 is 0.912 bits per heavy atom. The second kappa shape index (κ2) is 13.0. The lowest BCUT2D eigenvalue weighted by Crippen LogP contribution is -2.47. The molecule has 9 heteroatoms. The predicted octanol–water partition coefficient (Wildman–Crippen LogP) is 3.74. The molecule has 8 nitrogen and oxygen atoms in total. The van der Waals surface area contributed by atoms with E-state index in [1.165, 1.54) is 24.3 Å². The van der Waals surface area contributed by atoms with Crippen molar-refractivity contribution in [1.82, 2.24) is 10.8 Å². The Labute approximate surface area is 196 Å². The lowest BCUT2D eigenvalue weighted by molar-refractivity contribution is -0.127. The molecule has 0 bridgehead atoms. The van der Waals surface area contributed by atoms with Gasteiger partial charge in [0.1, 0.15) is 23.4 Å². The van der Waals surface area contributed by atoms with Gasteiger partial charge in [-0.25, -0.2) is 4.39 Å². The topological polar surface area (TPSA) is 112 Å². The van der Waals surface area contributed by atoms with Gasteiger partial charge in [0.15, 0.2) is 0 Å². The van der Waals surface area contributed by atoms with Crippen LogP contribution in [0.25, 0.3) is 0 Å². The van der Waals surface area contributed by atoms with E-state index < -0.39 is 17.9 Å². The number of ether oxygens (including phenoxy) is 2. The molecule has 3 aromatic rings. The summed E-state index contributed by atoms with van der Waals surface area (Å²) < 4.78 is 24.3. The van der Waals surface area contributed by atoms with E-state index >= 15 is 0 Å². The second-order valence-corrected chi connectivity index (χ2v) is 7.33. The molecule has 178 valence electrons. The molecule has 0 unspecified atom stereocenters. The van der Waals surface area contributed by atoms with Crippen molar-refractivity contribution < 1.29 is 23.5 Å². The summed E-state index contributed by atoms with van der Waals surface area (Å²) >= 11 is 0. The van der Waals surface area contributed by atoms with E-state index in [0.717, 1.165) is 5.56 Å². The SMILES string of the molecule is O=C(CCN[O-])N[C@@H](COCc1ccccc1)C(=O)Nc1ccc(Oc2ccc(F)cc2)cc1. The molecule has 0 aliphatic heterocycles. The molecule has 34 heavy (non-hydrogen) atoms. The molecule has 0 aromatic heterocycles. The van der Waals surface area contributed by atoms with Gasteiger partial charge in [-0.15, -0.1) is 0 Å². The van der Waals surface area contributed by atoms with Gasteiger partial charge >= 0.3 is 0 Å². The van der Waals surface area contributed by atoms with E-state index in [1.54, 1.807) is 29.7 Å². The number of rotatable bonds is 12. The van der Waals surface area contributed by atoms with E-state index in [4.69, 9.17) is 9.47 Å². The van der Waals surface area contributed by atoms with Gasteiger partial charge < -0.3 is 30.8 Å². The monoisotopic (exact) mass is 466 g/mol. The summed E-state index contributed by atoms with van der Waals surface area (Å²) in [7, 11) is 0. The van der Waals surface area contributed by atoms with Gasteiger partial charge in [-0.2, -0.15) is 0 Å². The van der Waals surface area contributed by atoms with Crippen LogP contribution >= 0.6 is 0 Å². The zero-order valence-electron chi connectivity index (χ0n) is 18.3. The third-order valence-electron chi connectivity index (χ3n) is 4.67. The second-order valence-electron chi connectivity index (χ2n) is 7.33. The van der Waals surface area contributed by atoms with Crippen LogP contribution in [0.1, 0.15) is 12.0 Å². The number of hydrogen-bond donors (Lipinski definition) is 3. The molecule has 0 spiro atoms. The highest BCUT2D eigenvalue weighted by atomic mass is 19.1. The van der Waals surface area contributed by atoms with Crippen molar-refractivity contribution in [2.75, 3.05) is 18.5 Å². The number of carbonyl (C=O) groups excluding carboxylic acids is 2. The van der Waals surface area contributed by atoms with Crippen LogP contribution in [0.3, 0.4) is 0 Å². The van der Waals surface area contributed by atoms with E-state index in [-0.39, 0.29) is 32.0 Å². The summed E-state index contributed by atoms with van der Waals surface area (Å²) in [5, 5.41) is 15.8. The van der Waals surface area contributed by atoms with Crippen LogP contribution in [0.2, 0.25) is 0 Å². The summed E-state index contributed by atoms with van der Waals surface area (Å²) in [6, 6.07) is 20.7. The fourth-order valence-corrected chi connectivity index (χ4v) is 2.96. The Hall–Kier alpha value is -3.79. The van der Waals surface area contributed by atoms with Gasteiger partial charge in [0.05, 0.1) is 13.2 Å². The van der Waals surface area contributed by atoms with Crippen molar-refractivity contribution in [2.24, 2.45) is 0 Å². The number of hydrogen-bond acceptors (Lipinski definition) is 6. The van der Waals surface area contributed by atoms with Crippen molar-refractivity contribution in [2.45, 2.75) is 19.1 Å². The molecule has 3 rings (SSSR count). The van der Waals surface area contributed by atoms with Crippen molar-refractivity contribution in [3.63, 3.8) is 0 Å². The number of nitrogens with one attached hydrogen (secondary N) is 3. The number of halogens is 1. The van der Waals surface area contributed by atoms with Crippen molar-refractivity contribution >= 4 is 17.5 Å². The largest absolute Gasteiger partial charge is 0.788 e. The zero-order chi connectivity index (χ0) is 24.2. The first kappa shape index (κ1) is 24.8. The average Bonchev–Trinajstić information content (AvgIpc) is 2.85.